The minimum Gasteiger partial charge on any atom is -0.115 e. The van der Waals surface area contributed by atoms with Crippen molar-refractivity contribution >= 4 is 0 Å². The number of hydrogen-bond acceptors (Lipinski definition) is 0. The molecule has 0 nitrogen and oxygen atoms in total. The van der Waals surface area contributed by atoms with E-state index in [9.17, 15) is 0 Å². The average Bonchev–Trinajstić information content (AvgIpc) is 2.62. The quantitative estimate of drug-likeness (QED) is 0.423. The summed E-state index contributed by atoms with van der Waals surface area (Å²) in [5.41, 5.74) is 9.87. The normalized spacial score (nSPS) is 10.1. The van der Waals surface area contributed by atoms with Gasteiger partial charge in [-0.25, -0.2) is 0 Å². The monoisotopic (exact) mass is 326 g/mol. The summed E-state index contributed by atoms with van der Waals surface area (Å²) in [6, 6.07) is 8.17. The van der Waals surface area contributed by atoms with Crippen LogP contribution in [0, 0.1) is 26.2 Å². The average molecular weight is 326 g/mol. The van der Waals surface area contributed by atoms with Crippen molar-refractivity contribution in [2.75, 3.05) is 0 Å². The van der Waals surface area contributed by atoms with Gasteiger partial charge in [-0.15, -0.1) is 26.2 Å². The lowest BCUT2D eigenvalue weighted by atomic mass is 9.80. The summed E-state index contributed by atoms with van der Waals surface area (Å²) >= 11 is 0. The van der Waals surface area contributed by atoms with Gasteiger partial charge in [0.1, 0.15) is 0 Å². The van der Waals surface area contributed by atoms with Gasteiger partial charge in [0.15, 0.2) is 0 Å². The Labute approximate surface area is 152 Å². The highest BCUT2D eigenvalue weighted by Crippen LogP contribution is 2.38. The largest absolute Gasteiger partial charge is 0.115 e. The Bertz CT molecular complexity index is 857. The van der Waals surface area contributed by atoms with Crippen molar-refractivity contribution in [2.24, 2.45) is 0 Å². The number of terminal acetylenes is 1. The van der Waals surface area contributed by atoms with Gasteiger partial charge in [-0.1, -0.05) is 42.3 Å². The summed E-state index contributed by atoms with van der Waals surface area (Å²) in [6.07, 6.45) is 14.2. The van der Waals surface area contributed by atoms with Crippen LogP contribution in [0.15, 0.2) is 62.2 Å². The number of benzene rings is 2. The second-order valence-electron chi connectivity index (χ2n) is 6.23. The zero-order chi connectivity index (χ0) is 18.4. The zero-order valence-electron chi connectivity index (χ0n) is 15.4. The molecule has 25 heavy (non-hydrogen) atoms. The van der Waals surface area contributed by atoms with Crippen molar-refractivity contribution in [2.45, 2.75) is 33.1 Å². The predicted octanol–water partition coefficient (Wildman–Crippen LogP) is 6.14. The molecule has 0 aliphatic carbocycles. The molecule has 0 spiro atoms. The lowest BCUT2D eigenvalue weighted by molar-refractivity contribution is 1.06. The van der Waals surface area contributed by atoms with Gasteiger partial charge in [-0.3, -0.25) is 0 Å². The third-order valence-electron chi connectivity index (χ3n) is 4.80. The minimum atomic E-state index is 0.813. The van der Waals surface area contributed by atoms with Crippen LogP contribution in [-0.4, -0.2) is 0 Å². The molecule has 0 radical (unpaired) electrons. The molecular formula is C25H26. The molecular weight excluding hydrogens is 300 g/mol. The molecule has 0 aliphatic heterocycles. The molecule has 0 saturated carbocycles. The van der Waals surface area contributed by atoms with Gasteiger partial charge in [0, 0.05) is 5.56 Å². The molecule has 0 N–H and O–H groups in total. The standard InChI is InChI=1S/C25H26/c1-7-13-21-18(5)22(14-8-2)24(15-9-3)25(19(21)6)23-17-12-11-16-20(23)10-4/h4,7-9,11-12,16-17H,1-3,13-15H2,5-6H3. The molecule has 0 bridgehead atoms. The molecule has 2 rings (SSSR count). The first kappa shape index (κ1) is 18.6. The molecule has 0 heterocycles. The van der Waals surface area contributed by atoms with Gasteiger partial charge in [-0.05, 0) is 78.1 Å². The number of rotatable bonds is 7. The van der Waals surface area contributed by atoms with Crippen molar-refractivity contribution < 1.29 is 0 Å². The van der Waals surface area contributed by atoms with Crippen molar-refractivity contribution in [3.05, 3.63) is 95.6 Å². The van der Waals surface area contributed by atoms with E-state index in [1.54, 1.807) is 0 Å². The lowest BCUT2D eigenvalue weighted by Crippen LogP contribution is -2.07. The van der Waals surface area contributed by atoms with E-state index in [0.29, 0.717) is 0 Å². The van der Waals surface area contributed by atoms with Gasteiger partial charge in [0.2, 0.25) is 0 Å². The fourth-order valence-electron chi connectivity index (χ4n) is 3.65. The maximum atomic E-state index is 5.78. The topological polar surface area (TPSA) is 0 Å². The predicted molar refractivity (Wildman–Crippen MR) is 111 cm³/mol. The first-order valence-electron chi connectivity index (χ1n) is 8.63. The van der Waals surface area contributed by atoms with E-state index in [1.807, 2.05) is 36.4 Å². The van der Waals surface area contributed by atoms with E-state index in [0.717, 1.165) is 30.4 Å². The van der Waals surface area contributed by atoms with E-state index < -0.39 is 0 Å². The van der Waals surface area contributed by atoms with Crippen molar-refractivity contribution in [1.82, 2.24) is 0 Å². The van der Waals surface area contributed by atoms with Gasteiger partial charge in [0.25, 0.3) is 0 Å². The van der Waals surface area contributed by atoms with Gasteiger partial charge < -0.3 is 0 Å². The van der Waals surface area contributed by atoms with Crippen LogP contribution in [0.5, 0.6) is 0 Å². The van der Waals surface area contributed by atoms with Gasteiger partial charge >= 0.3 is 0 Å². The second-order valence-corrected chi connectivity index (χ2v) is 6.23. The van der Waals surface area contributed by atoms with Gasteiger partial charge in [0.05, 0.1) is 0 Å². The fraction of sp³-hybridized carbons (Fsp3) is 0.200. The van der Waals surface area contributed by atoms with Crippen molar-refractivity contribution in [1.29, 1.82) is 0 Å². The van der Waals surface area contributed by atoms with Crippen LogP contribution in [0.25, 0.3) is 11.1 Å². The SMILES string of the molecule is C#Cc1ccccc1-c1c(C)c(CC=C)c(C)c(CC=C)c1CC=C. The third kappa shape index (κ3) is 3.52. The summed E-state index contributed by atoms with van der Waals surface area (Å²) in [7, 11) is 0. The van der Waals surface area contributed by atoms with Crippen LogP contribution >= 0.6 is 0 Å². The van der Waals surface area contributed by atoms with Crippen LogP contribution in [0.1, 0.15) is 33.4 Å². The molecule has 0 fully saturated rings. The second kappa shape index (κ2) is 8.36. The summed E-state index contributed by atoms with van der Waals surface area (Å²) in [5.74, 6) is 2.84. The molecule has 0 aromatic heterocycles. The maximum Gasteiger partial charge on any atom is 0.0321 e. The molecule has 0 saturated heterocycles. The first-order chi connectivity index (χ1) is 12.1. The van der Waals surface area contributed by atoms with E-state index in [2.05, 4.69) is 45.6 Å². The Balaban J connectivity index is 2.98. The fourth-order valence-corrected chi connectivity index (χ4v) is 3.65. The van der Waals surface area contributed by atoms with Crippen molar-refractivity contribution in [3.63, 3.8) is 0 Å². The molecule has 0 aliphatic rings. The van der Waals surface area contributed by atoms with Gasteiger partial charge in [-0.2, -0.15) is 0 Å². The number of allylic oxidation sites excluding steroid dienone is 3. The summed E-state index contributed by atoms with van der Waals surface area (Å²) in [6.45, 7) is 16.3. The molecule has 2 aromatic carbocycles. The Kier molecular flexibility index (Phi) is 6.20. The summed E-state index contributed by atoms with van der Waals surface area (Å²) < 4.78 is 0. The minimum absolute atomic E-state index is 0.813. The Morgan fingerprint density at radius 3 is 2.00 bits per heavy atom. The molecule has 0 atom stereocenters. The molecule has 0 amide bonds. The Hall–Kier alpha value is -2.78. The molecule has 126 valence electrons. The van der Waals surface area contributed by atoms with E-state index >= 15 is 0 Å². The highest BCUT2D eigenvalue weighted by molar-refractivity contribution is 5.80. The smallest absolute Gasteiger partial charge is 0.0321 e. The van der Waals surface area contributed by atoms with Crippen LogP contribution in [0.3, 0.4) is 0 Å². The van der Waals surface area contributed by atoms with Crippen LogP contribution in [0.4, 0.5) is 0 Å². The van der Waals surface area contributed by atoms with Crippen molar-refractivity contribution in [3.8, 4) is 23.5 Å². The van der Waals surface area contributed by atoms with Crippen LogP contribution < -0.4 is 0 Å². The molecule has 0 heteroatoms. The number of hydrogen-bond donors (Lipinski definition) is 0. The Morgan fingerprint density at radius 2 is 1.40 bits per heavy atom. The van der Waals surface area contributed by atoms with Crippen LogP contribution in [0.2, 0.25) is 0 Å². The third-order valence-corrected chi connectivity index (χ3v) is 4.80. The van der Waals surface area contributed by atoms with Crippen LogP contribution in [-0.2, 0) is 19.3 Å². The first-order valence-corrected chi connectivity index (χ1v) is 8.63. The highest BCUT2D eigenvalue weighted by atomic mass is 14.2. The lowest BCUT2D eigenvalue weighted by Gasteiger charge is -2.24. The molecule has 2 aromatic rings. The van der Waals surface area contributed by atoms with E-state index in [-0.39, 0.29) is 0 Å². The Morgan fingerprint density at radius 1 is 0.840 bits per heavy atom. The summed E-state index contributed by atoms with van der Waals surface area (Å²) in [5, 5.41) is 0. The maximum absolute atomic E-state index is 5.78. The molecule has 0 unspecified atom stereocenters. The summed E-state index contributed by atoms with van der Waals surface area (Å²) in [4.78, 5) is 0. The highest BCUT2D eigenvalue weighted by Gasteiger charge is 2.20. The van der Waals surface area contributed by atoms with E-state index in [1.165, 1.54) is 33.4 Å². The van der Waals surface area contributed by atoms with E-state index in [4.69, 9.17) is 6.42 Å². The zero-order valence-corrected chi connectivity index (χ0v) is 15.4.